The molecule has 4 N–H and O–H groups in total. The summed E-state index contributed by atoms with van der Waals surface area (Å²) in [4.78, 5) is 23.7. The van der Waals surface area contributed by atoms with Gasteiger partial charge in [-0.1, -0.05) is 30.3 Å². The third-order valence-corrected chi connectivity index (χ3v) is 2.97. The minimum atomic E-state index is -2.01. The largest absolute Gasteiger partial charge is 0.480 e. The Kier molecular flexibility index (Phi) is 3.85. The zero-order chi connectivity index (χ0) is 14.6. The van der Waals surface area contributed by atoms with Crippen molar-refractivity contribution in [2.75, 3.05) is 0 Å². The molecule has 0 aliphatic heterocycles. The molecular weight excluding hydrogens is 262 g/mol. The van der Waals surface area contributed by atoms with Crippen LogP contribution in [0.15, 0.2) is 30.3 Å². The molecule has 1 aromatic carbocycles. The number of aromatic amines is 1. The van der Waals surface area contributed by atoms with E-state index < -0.39 is 17.3 Å². The van der Waals surface area contributed by atoms with E-state index in [4.69, 9.17) is 5.73 Å². The van der Waals surface area contributed by atoms with E-state index in [2.05, 4.69) is 20.6 Å². The number of tetrazole rings is 1. The summed E-state index contributed by atoms with van der Waals surface area (Å²) in [5, 5.41) is 22.2. The average molecular weight is 275 g/mol. The van der Waals surface area contributed by atoms with E-state index in [0.717, 1.165) is 0 Å². The van der Waals surface area contributed by atoms with Crippen molar-refractivity contribution in [3.8, 4) is 0 Å². The van der Waals surface area contributed by atoms with Crippen molar-refractivity contribution in [2.24, 2.45) is 5.73 Å². The van der Waals surface area contributed by atoms with Crippen LogP contribution in [0.2, 0.25) is 0 Å². The molecule has 1 atom stereocenters. The number of carbonyl (C=O) groups is 2. The van der Waals surface area contributed by atoms with Crippen LogP contribution in [0.4, 0.5) is 0 Å². The predicted molar refractivity (Wildman–Crippen MR) is 67.8 cm³/mol. The second-order valence-corrected chi connectivity index (χ2v) is 4.32. The Labute approximate surface area is 114 Å². The first-order valence-corrected chi connectivity index (χ1v) is 5.89. The molecule has 0 amide bonds. The van der Waals surface area contributed by atoms with Crippen LogP contribution < -0.4 is 5.73 Å². The number of nitrogens with two attached hydrogens (primary N) is 1. The van der Waals surface area contributed by atoms with Gasteiger partial charge in [0.05, 0.1) is 0 Å². The number of carbonyl (C=O) groups excluding carboxylic acids is 1. The van der Waals surface area contributed by atoms with Gasteiger partial charge in [0.1, 0.15) is 5.82 Å². The average Bonchev–Trinajstić information content (AvgIpc) is 2.98. The van der Waals surface area contributed by atoms with E-state index >= 15 is 0 Å². The number of aliphatic carboxylic acids is 1. The van der Waals surface area contributed by atoms with Crippen molar-refractivity contribution in [3.63, 3.8) is 0 Å². The predicted octanol–water partition coefficient (Wildman–Crippen LogP) is -0.203. The Bertz CT molecular complexity index is 599. The first-order valence-electron chi connectivity index (χ1n) is 5.89. The minimum absolute atomic E-state index is 0.104. The Morgan fingerprint density at radius 1 is 1.30 bits per heavy atom. The Morgan fingerprint density at radius 3 is 2.55 bits per heavy atom. The zero-order valence-corrected chi connectivity index (χ0v) is 10.5. The molecule has 1 unspecified atom stereocenters. The summed E-state index contributed by atoms with van der Waals surface area (Å²) in [6.45, 7) is 0. The number of H-pyrrole nitrogens is 1. The number of rotatable bonds is 6. The van der Waals surface area contributed by atoms with Crippen LogP contribution in [0.3, 0.4) is 0 Å². The zero-order valence-electron chi connectivity index (χ0n) is 10.5. The summed E-state index contributed by atoms with van der Waals surface area (Å²) in [6.07, 6.45) is 0.0569. The summed E-state index contributed by atoms with van der Waals surface area (Å²) in [5.74, 6) is -1.64. The van der Waals surface area contributed by atoms with Gasteiger partial charge in [0.25, 0.3) is 0 Å². The molecule has 0 aliphatic carbocycles. The second-order valence-electron chi connectivity index (χ2n) is 4.32. The summed E-state index contributed by atoms with van der Waals surface area (Å²) in [7, 11) is 0. The molecule has 0 saturated heterocycles. The SMILES string of the molecule is NC(CCc1nnn[nH]1)(C(=O)O)C(=O)c1ccccc1. The molecule has 20 heavy (non-hydrogen) atoms. The van der Waals surface area contributed by atoms with Gasteiger partial charge < -0.3 is 10.8 Å². The number of hydrogen-bond acceptors (Lipinski definition) is 6. The highest BCUT2D eigenvalue weighted by atomic mass is 16.4. The lowest BCUT2D eigenvalue weighted by Gasteiger charge is -2.22. The maximum absolute atomic E-state index is 12.3. The van der Waals surface area contributed by atoms with Gasteiger partial charge in [0.15, 0.2) is 11.3 Å². The van der Waals surface area contributed by atoms with Crippen molar-refractivity contribution in [3.05, 3.63) is 41.7 Å². The number of aryl methyl sites for hydroxylation is 1. The number of nitrogens with zero attached hydrogens (tertiary/aromatic N) is 3. The molecule has 2 rings (SSSR count). The van der Waals surface area contributed by atoms with Crippen LogP contribution >= 0.6 is 0 Å². The standard InChI is InChI=1S/C12H13N5O3/c13-12(11(19)20,7-6-9-14-16-17-15-9)10(18)8-4-2-1-3-5-8/h1-5H,6-7,13H2,(H,19,20)(H,14,15,16,17). The first kappa shape index (κ1) is 13.8. The van der Waals surface area contributed by atoms with E-state index in [1.165, 1.54) is 12.1 Å². The van der Waals surface area contributed by atoms with E-state index in [1.807, 2.05) is 0 Å². The maximum atomic E-state index is 12.3. The number of carboxylic acids is 1. The number of hydrogen-bond donors (Lipinski definition) is 3. The van der Waals surface area contributed by atoms with Gasteiger partial charge >= 0.3 is 5.97 Å². The minimum Gasteiger partial charge on any atom is -0.480 e. The Balaban J connectivity index is 2.20. The lowest BCUT2D eigenvalue weighted by molar-refractivity contribution is -0.141. The lowest BCUT2D eigenvalue weighted by atomic mass is 9.86. The van der Waals surface area contributed by atoms with Crippen LogP contribution in [0.5, 0.6) is 0 Å². The van der Waals surface area contributed by atoms with Crippen LogP contribution in [0.25, 0.3) is 0 Å². The number of nitrogens with one attached hydrogen (secondary N) is 1. The van der Waals surface area contributed by atoms with Gasteiger partial charge in [0, 0.05) is 12.0 Å². The highest BCUT2D eigenvalue weighted by Crippen LogP contribution is 2.17. The topological polar surface area (TPSA) is 135 Å². The molecule has 8 heteroatoms. The summed E-state index contributed by atoms with van der Waals surface area (Å²) in [6, 6.07) is 8.09. The fraction of sp³-hybridized carbons (Fsp3) is 0.250. The number of aromatic nitrogens is 4. The highest BCUT2D eigenvalue weighted by Gasteiger charge is 2.42. The molecule has 1 aromatic heterocycles. The molecule has 8 nitrogen and oxygen atoms in total. The molecule has 0 spiro atoms. The molecule has 0 bridgehead atoms. The molecule has 0 radical (unpaired) electrons. The number of benzene rings is 1. The third-order valence-electron chi connectivity index (χ3n) is 2.97. The molecule has 0 fully saturated rings. The monoisotopic (exact) mass is 275 g/mol. The number of ketones is 1. The molecule has 0 saturated carbocycles. The Hall–Kier alpha value is -2.61. The Morgan fingerprint density at radius 2 is 2.00 bits per heavy atom. The highest BCUT2D eigenvalue weighted by molar-refractivity contribution is 6.15. The quantitative estimate of drug-likeness (QED) is 0.490. The van der Waals surface area contributed by atoms with Crippen LogP contribution in [-0.4, -0.2) is 43.0 Å². The summed E-state index contributed by atoms with van der Waals surface area (Å²) in [5.41, 5.74) is 4.05. The molecular formula is C12H13N5O3. The van der Waals surface area contributed by atoms with Crippen LogP contribution in [0.1, 0.15) is 22.6 Å². The summed E-state index contributed by atoms with van der Waals surface area (Å²) >= 11 is 0. The molecule has 1 heterocycles. The van der Waals surface area contributed by atoms with Crippen molar-refractivity contribution in [1.29, 1.82) is 0 Å². The van der Waals surface area contributed by atoms with Gasteiger partial charge in [-0.3, -0.25) is 4.79 Å². The molecule has 0 aliphatic rings. The van der Waals surface area contributed by atoms with E-state index in [-0.39, 0.29) is 18.4 Å². The van der Waals surface area contributed by atoms with Gasteiger partial charge in [-0.2, -0.15) is 0 Å². The van der Waals surface area contributed by atoms with Gasteiger partial charge in [-0.25, -0.2) is 9.89 Å². The third kappa shape index (κ3) is 2.69. The number of Topliss-reactive ketones (excluding diaryl/α,β-unsaturated/α-hetero) is 1. The molecule has 104 valence electrons. The number of carboxylic acid groups (broad SMARTS) is 1. The van der Waals surface area contributed by atoms with Gasteiger partial charge in [-0.15, -0.1) is 5.10 Å². The van der Waals surface area contributed by atoms with Gasteiger partial charge in [-0.05, 0) is 16.8 Å². The lowest BCUT2D eigenvalue weighted by Crippen LogP contribution is -2.55. The van der Waals surface area contributed by atoms with Gasteiger partial charge in [0.2, 0.25) is 0 Å². The van der Waals surface area contributed by atoms with Crippen molar-refractivity contribution in [1.82, 2.24) is 20.6 Å². The fourth-order valence-electron chi connectivity index (χ4n) is 1.76. The van der Waals surface area contributed by atoms with Crippen molar-refractivity contribution in [2.45, 2.75) is 18.4 Å². The fourth-order valence-corrected chi connectivity index (χ4v) is 1.76. The second kappa shape index (κ2) is 5.57. The smallest absolute Gasteiger partial charge is 0.331 e. The maximum Gasteiger partial charge on any atom is 0.331 e. The van der Waals surface area contributed by atoms with Crippen LogP contribution in [0, 0.1) is 0 Å². The van der Waals surface area contributed by atoms with E-state index in [9.17, 15) is 14.7 Å². The summed E-state index contributed by atoms with van der Waals surface area (Å²) < 4.78 is 0. The van der Waals surface area contributed by atoms with E-state index in [1.54, 1.807) is 18.2 Å². The normalized spacial score (nSPS) is 13.7. The molecule has 2 aromatic rings. The van der Waals surface area contributed by atoms with Crippen LogP contribution in [-0.2, 0) is 11.2 Å². The van der Waals surface area contributed by atoms with Crippen molar-refractivity contribution < 1.29 is 14.7 Å². The van der Waals surface area contributed by atoms with E-state index in [0.29, 0.717) is 5.82 Å². The first-order chi connectivity index (χ1) is 9.54. The van der Waals surface area contributed by atoms with Crippen molar-refractivity contribution >= 4 is 11.8 Å².